The van der Waals surface area contributed by atoms with E-state index in [0.29, 0.717) is 22.5 Å². The first-order chi connectivity index (χ1) is 13.2. The third kappa shape index (κ3) is 2.60. The van der Waals surface area contributed by atoms with E-state index >= 15 is 0 Å². The van der Waals surface area contributed by atoms with Gasteiger partial charge < -0.3 is 9.40 Å². The molecule has 0 unspecified atom stereocenters. The van der Waals surface area contributed by atoms with E-state index in [0.717, 1.165) is 27.8 Å². The van der Waals surface area contributed by atoms with Crippen LogP contribution >= 0.6 is 0 Å². The van der Waals surface area contributed by atoms with Gasteiger partial charge in [0, 0.05) is 29.4 Å². The minimum atomic E-state index is -0.0675. The average Bonchev–Trinajstić information content (AvgIpc) is 3.13. The summed E-state index contributed by atoms with van der Waals surface area (Å²) in [4.78, 5) is 24.5. The molecule has 0 aliphatic carbocycles. The van der Waals surface area contributed by atoms with Gasteiger partial charge in [0.25, 0.3) is 0 Å². The number of fused-ring (bicyclic) bond motifs is 2. The van der Waals surface area contributed by atoms with Crippen molar-refractivity contribution in [1.29, 1.82) is 0 Å². The van der Waals surface area contributed by atoms with Gasteiger partial charge in [-0.2, -0.15) is 0 Å². The molecule has 0 saturated heterocycles. The minimum absolute atomic E-state index is 0.0675. The van der Waals surface area contributed by atoms with Crippen LogP contribution in [0.5, 0.6) is 0 Å². The summed E-state index contributed by atoms with van der Waals surface area (Å²) in [6, 6.07) is 17.1. The topological polar surface area (TPSA) is 71.8 Å². The summed E-state index contributed by atoms with van der Waals surface area (Å²) >= 11 is 0. The van der Waals surface area contributed by atoms with Gasteiger partial charge in [0.1, 0.15) is 17.1 Å². The number of nitrogens with zero attached hydrogens (tertiary/aromatic N) is 2. The molecular formula is C22H15N3O2. The first-order valence-electron chi connectivity index (χ1n) is 8.63. The highest BCUT2D eigenvalue weighted by Crippen LogP contribution is 2.34. The van der Waals surface area contributed by atoms with Crippen LogP contribution in [0.2, 0.25) is 0 Å². The van der Waals surface area contributed by atoms with Crippen LogP contribution in [0.15, 0.2) is 76.2 Å². The molecule has 5 heteroatoms. The van der Waals surface area contributed by atoms with Crippen molar-refractivity contribution in [1.82, 2.24) is 15.0 Å². The smallest absolute Gasteiger partial charge is 0.191 e. The number of benzene rings is 1. The van der Waals surface area contributed by atoms with Gasteiger partial charge in [-0.3, -0.25) is 9.78 Å². The Balaban J connectivity index is 1.85. The standard InChI is InChI=1S/C22H15N3O2/c1-13-4-7-20(27-13)21-16(12-17-19(26)8-10-24-22(17)25-21)14-5-6-18-15(11-14)3-2-9-23-18/h2-12H,1H3,(H,24,25,26). The normalized spacial score (nSPS) is 11.3. The van der Waals surface area contributed by atoms with Crippen LogP contribution in [0.3, 0.4) is 0 Å². The van der Waals surface area contributed by atoms with Crippen molar-refractivity contribution in [2.75, 3.05) is 0 Å². The highest BCUT2D eigenvalue weighted by molar-refractivity contribution is 5.92. The van der Waals surface area contributed by atoms with Crippen molar-refractivity contribution in [3.05, 3.63) is 83.0 Å². The van der Waals surface area contributed by atoms with Gasteiger partial charge in [-0.25, -0.2) is 4.98 Å². The van der Waals surface area contributed by atoms with Gasteiger partial charge in [-0.15, -0.1) is 0 Å². The Labute approximate surface area is 154 Å². The van der Waals surface area contributed by atoms with Crippen LogP contribution < -0.4 is 5.43 Å². The molecular weight excluding hydrogens is 338 g/mol. The lowest BCUT2D eigenvalue weighted by Crippen LogP contribution is -2.03. The molecule has 4 heterocycles. The lowest BCUT2D eigenvalue weighted by atomic mass is 9.99. The molecule has 0 radical (unpaired) electrons. The zero-order valence-corrected chi connectivity index (χ0v) is 14.6. The summed E-state index contributed by atoms with van der Waals surface area (Å²) in [6.07, 6.45) is 3.38. The molecule has 0 spiro atoms. The molecule has 5 aromatic rings. The molecule has 5 nitrogen and oxygen atoms in total. The van der Waals surface area contributed by atoms with E-state index in [1.54, 1.807) is 12.4 Å². The number of aromatic nitrogens is 3. The summed E-state index contributed by atoms with van der Waals surface area (Å²) in [5, 5.41) is 1.57. The maximum Gasteiger partial charge on any atom is 0.191 e. The van der Waals surface area contributed by atoms with Crippen molar-refractivity contribution in [3.63, 3.8) is 0 Å². The fourth-order valence-electron chi connectivity index (χ4n) is 3.31. The highest BCUT2D eigenvalue weighted by atomic mass is 16.3. The lowest BCUT2D eigenvalue weighted by Gasteiger charge is -2.10. The van der Waals surface area contributed by atoms with Crippen molar-refractivity contribution in [2.24, 2.45) is 0 Å². The number of nitrogens with one attached hydrogen (secondary N) is 1. The van der Waals surface area contributed by atoms with Crippen molar-refractivity contribution >= 4 is 21.9 Å². The molecule has 1 aromatic carbocycles. The Kier molecular flexibility index (Phi) is 3.40. The van der Waals surface area contributed by atoms with Crippen LogP contribution in [0, 0.1) is 6.92 Å². The van der Waals surface area contributed by atoms with Crippen molar-refractivity contribution in [3.8, 4) is 22.6 Å². The predicted molar refractivity (Wildman–Crippen MR) is 106 cm³/mol. The van der Waals surface area contributed by atoms with E-state index in [9.17, 15) is 4.79 Å². The monoisotopic (exact) mass is 353 g/mol. The molecule has 5 rings (SSSR count). The summed E-state index contributed by atoms with van der Waals surface area (Å²) in [5.41, 5.74) is 3.89. The fourth-order valence-corrected chi connectivity index (χ4v) is 3.31. The maximum absolute atomic E-state index is 12.3. The van der Waals surface area contributed by atoms with E-state index in [1.165, 1.54) is 6.07 Å². The molecule has 0 fully saturated rings. The molecule has 0 atom stereocenters. The number of pyridine rings is 3. The minimum Gasteiger partial charge on any atom is -0.460 e. The van der Waals surface area contributed by atoms with Gasteiger partial charge in [0.15, 0.2) is 11.2 Å². The zero-order chi connectivity index (χ0) is 18.4. The zero-order valence-electron chi connectivity index (χ0n) is 14.6. The molecule has 1 N–H and O–H groups in total. The van der Waals surface area contributed by atoms with E-state index in [2.05, 4.69) is 16.0 Å². The first kappa shape index (κ1) is 15.5. The van der Waals surface area contributed by atoms with Crippen LogP contribution in [-0.4, -0.2) is 15.0 Å². The highest BCUT2D eigenvalue weighted by Gasteiger charge is 2.16. The second-order valence-electron chi connectivity index (χ2n) is 6.44. The van der Waals surface area contributed by atoms with Crippen LogP contribution in [0.1, 0.15) is 5.76 Å². The SMILES string of the molecule is Cc1ccc(-c2nc3[nH]ccc(=O)c3cc2-c2ccc3ncccc3c2)o1. The number of rotatable bonds is 2. The van der Waals surface area contributed by atoms with Gasteiger partial charge in [0.05, 0.1) is 10.9 Å². The van der Waals surface area contributed by atoms with E-state index in [-0.39, 0.29) is 5.43 Å². The van der Waals surface area contributed by atoms with E-state index in [4.69, 9.17) is 9.40 Å². The summed E-state index contributed by atoms with van der Waals surface area (Å²) < 4.78 is 5.83. The molecule has 27 heavy (non-hydrogen) atoms. The number of aryl methyl sites for hydroxylation is 1. The third-order valence-corrected chi connectivity index (χ3v) is 4.63. The van der Waals surface area contributed by atoms with Crippen LogP contribution in [0.25, 0.3) is 44.5 Å². The Morgan fingerprint density at radius 2 is 1.96 bits per heavy atom. The Morgan fingerprint density at radius 1 is 1.04 bits per heavy atom. The van der Waals surface area contributed by atoms with Crippen LogP contribution in [0.4, 0.5) is 0 Å². The second-order valence-corrected chi connectivity index (χ2v) is 6.44. The molecule has 0 bridgehead atoms. The van der Waals surface area contributed by atoms with Gasteiger partial charge >= 0.3 is 0 Å². The van der Waals surface area contributed by atoms with Gasteiger partial charge in [0.2, 0.25) is 0 Å². The number of furan rings is 1. The van der Waals surface area contributed by atoms with E-state index in [1.807, 2.05) is 49.4 Å². The van der Waals surface area contributed by atoms with Crippen molar-refractivity contribution in [2.45, 2.75) is 6.92 Å². The van der Waals surface area contributed by atoms with Crippen molar-refractivity contribution < 1.29 is 4.42 Å². The molecule has 0 aliphatic rings. The van der Waals surface area contributed by atoms with Gasteiger partial charge in [-0.05, 0) is 48.9 Å². The quantitative estimate of drug-likeness (QED) is 0.499. The molecule has 0 amide bonds. The Morgan fingerprint density at radius 3 is 2.81 bits per heavy atom. The first-order valence-corrected chi connectivity index (χ1v) is 8.63. The average molecular weight is 353 g/mol. The number of hydrogen-bond acceptors (Lipinski definition) is 4. The number of H-pyrrole nitrogens is 1. The number of hydrogen-bond donors (Lipinski definition) is 1. The summed E-state index contributed by atoms with van der Waals surface area (Å²) in [6.45, 7) is 1.90. The summed E-state index contributed by atoms with van der Waals surface area (Å²) in [5.74, 6) is 1.47. The van der Waals surface area contributed by atoms with Crippen LogP contribution in [-0.2, 0) is 0 Å². The van der Waals surface area contributed by atoms with Gasteiger partial charge in [-0.1, -0.05) is 12.1 Å². The molecule has 4 aromatic heterocycles. The fraction of sp³-hybridized carbons (Fsp3) is 0.0455. The molecule has 0 saturated carbocycles. The molecule has 130 valence electrons. The largest absolute Gasteiger partial charge is 0.460 e. The maximum atomic E-state index is 12.3. The second kappa shape index (κ2) is 5.92. The lowest BCUT2D eigenvalue weighted by molar-refractivity contribution is 0.547. The predicted octanol–water partition coefficient (Wildman–Crippen LogP) is 4.71. The summed E-state index contributed by atoms with van der Waals surface area (Å²) in [7, 11) is 0. The van der Waals surface area contributed by atoms with E-state index < -0.39 is 0 Å². The Bertz CT molecular complexity index is 1370. The third-order valence-electron chi connectivity index (χ3n) is 4.63. The number of aromatic amines is 1. The Hall–Kier alpha value is -3.73. The molecule has 0 aliphatic heterocycles.